The average molecular weight is 469 g/mol. The van der Waals surface area contributed by atoms with Crippen molar-refractivity contribution in [3.05, 3.63) is 53.9 Å². The number of anilines is 1. The minimum Gasteiger partial charge on any atom is -0.328 e. The van der Waals surface area contributed by atoms with Crippen LogP contribution in [-0.4, -0.2) is 47.8 Å². The third-order valence-corrected chi connectivity index (χ3v) is 8.48. The fourth-order valence-electron chi connectivity index (χ4n) is 4.72. The summed E-state index contributed by atoms with van der Waals surface area (Å²) in [6, 6.07) is 13.2. The average Bonchev–Trinajstić information content (AvgIpc) is 3.19. The number of hydrogen-bond donors (Lipinski definition) is 0. The fraction of sp³-hybridized carbons (Fsp3) is 0.440. The molecule has 0 fully saturated rings. The maximum atomic E-state index is 13.1. The Kier molecular flexibility index (Phi) is 6.86. The number of nitrogens with zero attached hydrogens (tertiary/aromatic N) is 4. The Morgan fingerprint density at radius 3 is 2.58 bits per heavy atom. The first kappa shape index (κ1) is 23.4. The van der Waals surface area contributed by atoms with Crippen LogP contribution in [-0.2, 0) is 34.2 Å². The Balaban J connectivity index is 1.58. The van der Waals surface area contributed by atoms with Gasteiger partial charge in [-0.2, -0.15) is 4.31 Å². The summed E-state index contributed by atoms with van der Waals surface area (Å²) in [4.78, 5) is 20.0. The topological polar surface area (TPSA) is 75.5 Å². The van der Waals surface area contributed by atoms with E-state index in [1.165, 1.54) is 9.87 Å². The van der Waals surface area contributed by atoms with Crippen LogP contribution >= 0.6 is 0 Å². The lowest BCUT2D eigenvalue weighted by atomic mass is 10.0. The number of imidazole rings is 1. The van der Waals surface area contributed by atoms with Gasteiger partial charge in [-0.05, 0) is 49.6 Å². The summed E-state index contributed by atoms with van der Waals surface area (Å²) in [5, 5.41) is 0. The first-order valence-corrected chi connectivity index (χ1v) is 13.2. The van der Waals surface area contributed by atoms with Gasteiger partial charge in [-0.25, -0.2) is 13.4 Å². The van der Waals surface area contributed by atoms with Crippen molar-refractivity contribution in [3.63, 3.8) is 0 Å². The molecule has 0 atom stereocenters. The zero-order chi connectivity index (χ0) is 23.6. The monoisotopic (exact) mass is 468 g/mol. The van der Waals surface area contributed by atoms with Gasteiger partial charge in [0.15, 0.2) is 0 Å². The van der Waals surface area contributed by atoms with Gasteiger partial charge in [-0.1, -0.05) is 32.0 Å². The van der Waals surface area contributed by atoms with Gasteiger partial charge in [0.05, 0.1) is 15.9 Å². The Bertz CT molecular complexity index is 1260. The molecule has 0 saturated heterocycles. The Morgan fingerprint density at radius 2 is 1.85 bits per heavy atom. The molecule has 0 aliphatic carbocycles. The van der Waals surface area contributed by atoms with Crippen molar-refractivity contribution in [3.8, 4) is 0 Å². The molecule has 8 heteroatoms. The number of sulfonamides is 1. The first-order chi connectivity index (χ1) is 15.9. The molecule has 7 nitrogen and oxygen atoms in total. The molecule has 0 radical (unpaired) electrons. The maximum absolute atomic E-state index is 13.1. The molecule has 0 spiro atoms. The van der Waals surface area contributed by atoms with Gasteiger partial charge in [0.2, 0.25) is 15.9 Å². The highest BCUT2D eigenvalue weighted by Gasteiger charge is 2.24. The number of carbonyl (C=O) groups is 1. The highest BCUT2D eigenvalue weighted by molar-refractivity contribution is 7.89. The van der Waals surface area contributed by atoms with Gasteiger partial charge < -0.3 is 9.47 Å². The predicted molar refractivity (Wildman–Crippen MR) is 131 cm³/mol. The fourth-order valence-corrected chi connectivity index (χ4v) is 6.20. The molecule has 1 aliphatic heterocycles. The number of hydrogen-bond acceptors (Lipinski definition) is 4. The van der Waals surface area contributed by atoms with Gasteiger partial charge in [0.25, 0.3) is 0 Å². The summed E-state index contributed by atoms with van der Waals surface area (Å²) in [5.41, 5.74) is 3.78. The second kappa shape index (κ2) is 9.65. The molecule has 0 unspecified atom stereocenters. The number of fused-ring (bicyclic) bond motifs is 2. The highest BCUT2D eigenvalue weighted by atomic mass is 32.2. The van der Waals surface area contributed by atoms with E-state index in [9.17, 15) is 13.2 Å². The number of aryl methyl sites for hydroxylation is 3. The van der Waals surface area contributed by atoms with Gasteiger partial charge in [-0.15, -0.1) is 0 Å². The van der Waals surface area contributed by atoms with Crippen LogP contribution in [0.3, 0.4) is 0 Å². The lowest BCUT2D eigenvalue weighted by molar-refractivity contribution is -0.118. The molecule has 176 valence electrons. The van der Waals surface area contributed by atoms with Crippen LogP contribution in [0.2, 0.25) is 0 Å². The van der Waals surface area contributed by atoms with E-state index in [1.54, 1.807) is 12.1 Å². The molecule has 0 N–H and O–H groups in total. The molecular weight excluding hydrogens is 436 g/mol. The van der Waals surface area contributed by atoms with E-state index in [-0.39, 0.29) is 10.8 Å². The quantitative estimate of drug-likeness (QED) is 0.501. The van der Waals surface area contributed by atoms with Gasteiger partial charge in [0.1, 0.15) is 5.82 Å². The van der Waals surface area contributed by atoms with Crippen LogP contribution in [0.25, 0.3) is 11.0 Å². The van der Waals surface area contributed by atoms with Crippen LogP contribution in [0, 0.1) is 0 Å². The van der Waals surface area contributed by atoms with E-state index in [1.807, 2.05) is 49.9 Å². The second-order valence-corrected chi connectivity index (χ2v) is 10.2. The van der Waals surface area contributed by atoms with Crippen LogP contribution in [0.5, 0.6) is 0 Å². The SMILES string of the molecule is CCN(CC)S(=O)(=O)c1ccc2c(c1)nc(CCC(=O)N1CCCc3ccccc31)n2CC. The van der Waals surface area contributed by atoms with E-state index in [4.69, 9.17) is 4.98 Å². The normalized spacial score (nSPS) is 14.1. The van der Waals surface area contributed by atoms with E-state index in [0.717, 1.165) is 36.4 Å². The summed E-state index contributed by atoms with van der Waals surface area (Å²) in [5.74, 6) is 0.908. The molecule has 0 bridgehead atoms. The standard InChI is InChI=1S/C25H32N4O3S/c1-4-27(5-2)33(31,32)20-13-14-23-21(18-20)26-24(28(23)6-3)15-16-25(30)29-17-9-11-19-10-7-8-12-22(19)29/h7-8,10,12-14,18H,4-6,9,11,15-17H2,1-3H3. The molecule has 0 saturated carbocycles. The van der Waals surface area contributed by atoms with Gasteiger partial charge in [0, 0.05) is 44.7 Å². The van der Waals surface area contributed by atoms with Crippen molar-refractivity contribution < 1.29 is 13.2 Å². The third kappa shape index (κ3) is 4.42. The number of carbonyl (C=O) groups excluding carboxylic acids is 1. The molecule has 2 heterocycles. The van der Waals surface area contributed by atoms with Crippen molar-refractivity contribution in [1.82, 2.24) is 13.9 Å². The van der Waals surface area contributed by atoms with Crippen LogP contribution in [0.4, 0.5) is 5.69 Å². The van der Waals surface area contributed by atoms with Crippen molar-refractivity contribution in [2.75, 3.05) is 24.5 Å². The highest BCUT2D eigenvalue weighted by Crippen LogP contribution is 2.28. The molecule has 1 amide bonds. The molecule has 3 aromatic rings. The minimum absolute atomic E-state index is 0.0988. The minimum atomic E-state index is -3.55. The summed E-state index contributed by atoms with van der Waals surface area (Å²) in [6.07, 6.45) is 2.85. The second-order valence-electron chi connectivity index (χ2n) is 8.29. The molecular formula is C25H32N4O3S. The maximum Gasteiger partial charge on any atom is 0.243 e. The molecule has 1 aromatic heterocycles. The summed E-state index contributed by atoms with van der Waals surface area (Å²) in [7, 11) is -3.55. The van der Waals surface area contributed by atoms with E-state index >= 15 is 0 Å². The van der Waals surface area contributed by atoms with Crippen molar-refractivity contribution in [1.29, 1.82) is 0 Å². The number of rotatable bonds is 8. The van der Waals surface area contributed by atoms with Crippen LogP contribution in [0.15, 0.2) is 47.4 Å². The van der Waals surface area contributed by atoms with E-state index in [2.05, 4.69) is 10.6 Å². The van der Waals surface area contributed by atoms with Crippen LogP contribution in [0.1, 0.15) is 45.0 Å². The Hall–Kier alpha value is -2.71. The summed E-state index contributed by atoms with van der Waals surface area (Å²) < 4.78 is 29.4. The van der Waals surface area contributed by atoms with Crippen molar-refractivity contribution in [2.24, 2.45) is 0 Å². The van der Waals surface area contributed by atoms with Gasteiger partial charge >= 0.3 is 0 Å². The van der Waals surface area contributed by atoms with E-state index < -0.39 is 10.0 Å². The lowest BCUT2D eigenvalue weighted by Gasteiger charge is -2.29. The number of para-hydroxylation sites is 1. The first-order valence-electron chi connectivity index (χ1n) is 11.8. The lowest BCUT2D eigenvalue weighted by Crippen LogP contribution is -2.35. The zero-order valence-corrected chi connectivity index (χ0v) is 20.4. The Labute approximate surface area is 196 Å². The van der Waals surface area contributed by atoms with Crippen molar-refractivity contribution in [2.45, 2.75) is 57.9 Å². The number of benzene rings is 2. The van der Waals surface area contributed by atoms with Crippen molar-refractivity contribution >= 4 is 32.7 Å². The summed E-state index contributed by atoms with van der Waals surface area (Å²) >= 11 is 0. The number of aromatic nitrogens is 2. The zero-order valence-electron chi connectivity index (χ0n) is 19.6. The number of amides is 1. The molecule has 33 heavy (non-hydrogen) atoms. The van der Waals surface area contributed by atoms with E-state index in [0.29, 0.717) is 38.0 Å². The smallest absolute Gasteiger partial charge is 0.243 e. The molecule has 2 aromatic carbocycles. The molecule has 1 aliphatic rings. The van der Waals surface area contributed by atoms with Crippen LogP contribution < -0.4 is 4.90 Å². The summed E-state index contributed by atoms with van der Waals surface area (Å²) in [6.45, 7) is 8.00. The Morgan fingerprint density at radius 1 is 1.09 bits per heavy atom. The third-order valence-electron chi connectivity index (χ3n) is 6.43. The van der Waals surface area contributed by atoms with Gasteiger partial charge in [-0.3, -0.25) is 4.79 Å². The predicted octanol–water partition coefficient (Wildman–Crippen LogP) is 4.00. The largest absolute Gasteiger partial charge is 0.328 e. The molecule has 4 rings (SSSR count).